The summed E-state index contributed by atoms with van der Waals surface area (Å²) in [5.41, 5.74) is 2.44. The van der Waals surface area contributed by atoms with Crippen molar-refractivity contribution in [3.8, 4) is 0 Å². The van der Waals surface area contributed by atoms with Crippen LogP contribution in [0.4, 0.5) is 0 Å². The highest BCUT2D eigenvalue weighted by Crippen LogP contribution is 2.17. The monoisotopic (exact) mass is 196 g/mol. The summed E-state index contributed by atoms with van der Waals surface area (Å²) in [6.45, 7) is 0. The predicted molar refractivity (Wildman–Crippen MR) is 59.2 cm³/mol. The summed E-state index contributed by atoms with van der Waals surface area (Å²) in [5, 5.41) is 2.50. The van der Waals surface area contributed by atoms with Gasteiger partial charge in [-0.15, -0.1) is 0 Å². The van der Waals surface area contributed by atoms with E-state index in [0.29, 0.717) is 0 Å². The van der Waals surface area contributed by atoms with E-state index < -0.39 is 0 Å². The zero-order valence-corrected chi connectivity index (χ0v) is 8.57. The fourth-order valence-electron chi connectivity index (χ4n) is 2.06. The molecule has 2 aromatic heterocycles. The normalized spacial score (nSPS) is 11.0. The zero-order chi connectivity index (χ0) is 10.3. The molecule has 2 heterocycles. The number of hydrogen-bond acceptors (Lipinski definition) is 0. The topological polar surface area (TPSA) is 18.0 Å². The van der Waals surface area contributed by atoms with Crippen LogP contribution in [0.1, 0.15) is 0 Å². The van der Waals surface area contributed by atoms with Gasteiger partial charge in [0.2, 0.25) is 0 Å². The highest BCUT2D eigenvalue weighted by atomic mass is 14.9. The Labute approximate surface area is 87.8 Å². The first-order chi connectivity index (χ1) is 7.36. The second-order valence-electron chi connectivity index (χ2n) is 3.76. The van der Waals surface area contributed by atoms with E-state index in [4.69, 9.17) is 0 Å². The standard InChI is InChI=1S/C13H11N2/c1-15-9-3-5-11-7-6-10-4-2-8-14-12(10)13(11)15/h2-9H,1H3/q+1/p+1. The number of aromatic amines is 1. The Balaban J connectivity index is 2.64. The number of aryl methyl sites for hydroxylation is 1. The van der Waals surface area contributed by atoms with Gasteiger partial charge in [-0.05, 0) is 24.3 Å². The van der Waals surface area contributed by atoms with Crippen LogP contribution in [-0.2, 0) is 7.05 Å². The number of aromatic nitrogens is 2. The number of rotatable bonds is 0. The highest BCUT2D eigenvalue weighted by molar-refractivity contribution is 5.98. The minimum Gasteiger partial charge on any atom is -0.205 e. The first kappa shape index (κ1) is 8.36. The molecule has 2 heteroatoms. The molecule has 0 bridgehead atoms. The largest absolute Gasteiger partial charge is 0.284 e. The summed E-state index contributed by atoms with van der Waals surface area (Å²) >= 11 is 0. The number of hydrogen-bond donors (Lipinski definition) is 0. The third-order valence-corrected chi connectivity index (χ3v) is 2.78. The molecule has 0 saturated heterocycles. The summed E-state index contributed by atoms with van der Waals surface area (Å²) in [4.78, 5) is 3.31. The average molecular weight is 196 g/mol. The fraction of sp³-hybridized carbons (Fsp3) is 0.0769. The maximum absolute atomic E-state index is 3.31. The molecular weight excluding hydrogens is 184 g/mol. The van der Waals surface area contributed by atoms with Crippen molar-refractivity contribution in [3.05, 3.63) is 48.8 Å². The van der Waals surface area contributed by atoms with Crippen LogP contribution in [0.25, 0.3) is 21.8 Å². The molecule has 15 heavy (non-hydrogen) atoms. The first-order valence-electron chi connectivity index (χ1n) is 5.04. The summed E-state index contributed by atoms with van der Waals surface area (Å²) in [7, 11) is 2.07. The molecule has 0 atom stereocenters. The van der Waals surface area contributed by atoms with Crippen LogP contribution in [0.15, 0.2) is 48.8 Å². The van der Waals surface area contributed by atoms with Gasteiger partial charge in [0.25, 0.3) is 11.0 Å². The molecular formula is C13H12N2+2. The number of fused-ring (bicyclic) bond motifs is 3. The van der Waals surface area contributed by atoms with Gasteiger partial charge in [0.1, 0.15) is 7.05 Å². The van der Waals surface area contributed by atoms with E-state index in [2.05, 4.69) is 53.1 Å². The lowest BCUT2D eigenvalue weighted by Crippen LogP contribution is -2.29. The van der Waals surface area contributed by atoms with E-state index >= 15 is 0 Å². The van der Waals surface area contributed by atoms with E-state index in [1.165, 1.54) is 21.8 Å². The van der Waals surface area contributed by atoms with Gasteiger partial charge in [-0.1, -0.05) is 0 Å². The van der Waals surface area contributed by atoms with Crippen LogP contribution >= 0.6 is 0 Å². The SMILES string of the molecule is C[n+]1cccc2ccc3ccc[nH+]c3c21. The lowest BCUT2D eigenvalue weighted by molar-refractivity contribution is -0.645. The van der Waals surface area contributed by atoms with Crippen molar-refractivity contribution >= 4 is 21.8 Å². The molecule has 0 aliphatic heterocycles. The molecule has 0 fully saturated rings. The van der Waals surface area contributed by atoms with Gasteiger partial charge in [-0.3, -0.25) is 0 Å². The van der Waals surface area contributed by atoms with Crippen LogP contribution in [0.2, 0.25) is 0 Å². The summed E-state index contributed by atoms with van der Waals surface area (Å²) in [6.07, 6.45) is 4.04. The number of nitrogens with zero attached hydrogens (tertiary/aromatic N) is 1. The molecule has 0 spiro atoms. The Morgan fingerprint density at radius 3 is 2.73 bits per heavy atom. The molecule has 1 aromatic carbocycles. The fourth-order valence-corrected chi connectivity index (χ4v) is 2.06. The van der Waals surface area contributed by atoms with Crippen molar-refractivity contribution in [2.75, 3.05) is 0 Å². The maximum Gasteiger partial charge on any atom is 0.284 e. The lowest BCUT2D eigenvalue weighted by atomic mass is 10.1. The predicted octanol–water partition coefficient (Wildman–Crippen LogP) is 1.63. The third kappa shape index (κ3) is 1.18. The maximum atomic E-state index is 3.31. The Hall–Kier alpha value is -1.96. The minimum atomic E-state index is 1.19. The molecule has 0 unspecified atom stereocenters. The van der Waals surface area contributed by atoms with Gasteiger partial charge in [-0.25, -0.2) is 4.98 Å². The Kier molecular flexibility index (Phi) is 1.68. The van der Waals surface area contributed by atoms with Crippen molar-refractivity contribution in [2.24, 2.45) is 7.05 Å². The molecule has 0 saturated carbocycles. The Morgan fingerprint density at radius 2 is 1.80 bits per heavy atom. The molecule has 1 N–H and O–H groups in total. The van der Waals surface area contributed by atoms with Crippen molar-refractivity contribution in [2.45, 2.75) is 0 Å². The van der Waals surface area contributed by atoms with E-state index in [9.17, 15) is 0 Å². The van der Waals surface area contributed by atoms with E-state index in [-0.39, 0.29) is 0 Å². The quantitative estimate of drug-likeness (QED) is 0.384. The molecule has 3 aromatic rings. The van der Waals surface area contributed by atoms with Crippen LogP contribution in [-0.4, -0.2) is 0 Å². The number of H-pyrrole nitrogens is 1. The van der Waals surface area contributed by atoms with Crippen LogP contribution in [0, 0.1) is 0 Å². The molecule has 72 valence electrons. The van der Waals surface area contributed by atoms with Gasteiger partial charge in [-0.2, -0.15) is 4.57 Å². The average Bonchev–Trinajstić information content (AvgIpc) is 2.29. The van der Waals surface area contributed by atoms with E-state index in [1.54, 1.807) is 0 Å². The zero-order valence-electron chi connectivity index (χ0n) is 8.57. The third-order valence-electron chi connectivity index (χ3n) is 2.78. The number of nitrogens with one attached hydrogen (secondary N) is 1. The summed E-state index contributed by atoms with van der Waals surface area (Å²) in [6, 6.07) is 12.7. The molecule has 0 radical (unpaired) electrons. The molecule has 0 aliphatic carbocycles. The highest BCUT2D eigenvalue weighted by Gasteiger charge is 2.13. The molecule has 0 amide bonds. The van der Waals surface area contributed by atoms with E-state index in [1.807, 2.05) is 12.3 Å². The second-order valence-corrected chi connectivity index (χ2v) is 3.76. The van der Waals surface area contributed by atoms with Crippen molar-refractivity contribution in [1.29, 1.82) is 0 Å². The van der Waals surface area contributed by atoms with Gasteiger partial charge < -0.3 is 0 Å². The second kappa shape index (κ2) is 3.02. The Morgan fingerprint density at radius 1 is 1.00 bits per heavy atom. The number of benzene rings is 1. The van der Waals surface area contributed by atoms with Crippen molar-refractivity contribution in [3.63, 3.8) is 0 Å². The van der Waals surface area contributed by atoms with Crippen molar-refractivity contribution < 1.29 is 9.55 Å². The first-order valence-corrected chi connectivity index (χ1v) is 5.04. The lowest BCUT2D eigenvalue weighted by Gasteiger charge is -1.96. The smallest absolute Gasteiger partial charge is 0.205 e. The van der Waals surface area contributed by atoms with Crippen LogP contribution in [0.3, 0.4) is 0 Å². The van der Waals surface area contributed by atoms with E-state index in [0.717, 1.165) is 0 Å². The van der Waals surface area contributed by atoms with Gasteiger partial charge in [0.05, 0.1) is 10.8 Å². The van der Waals surface area contributed by atoms with Gasteiger partial charge in [0.15, 0.2) is 12.4 Å². The van der Waals surface area contributed by atoms with Crippen molar-refractivity contribution in [1.82, 2.24) is 0 Å². The summed E-state index contributed by atoms with van der Waals surface area (Å²) in [5.74, 6) is 0. The van der Waals surface area contributed by atoms with Crippen LogP contribution in [0.5, 0.6) is 0 Å². The van der Waals surface area contributed by atoms with Gasteiger partial charge in [0, 0.05) is 12.1 Å². The molecule has 0 aliphatic rings. The summed E-state index contributed by atoms with van der Waals surface area (Å²) < 4.78 is 2.15. The Bertz CT molecular complexity index is 644. The number of pyridine rings is 2. The molecule has 3 rings (SSSR count). The minimum absolute atomic E-state index is 1.19. The van der Waals surface area contributed by atoms with Crippen LogP contribution < -0.4 is 9.55 Å². The van der Waals surface area contributed by atoms with Gasteiger partial charge >= 0.3 is 0 Å². The molecule has 2 nitrogen and oxygen atoms in total.